The van der Waals surface area contributed by atoms with Gasteiger partial charge in [0.1, 0.15) is 0 Å². The Kier molecular flexibility index (Phi) is 7.58. The normalized spacial score (nSPS) is 40.0. The van der Waals surface area contributed by atoms with Crippen LogP contribution in [0.25, 0.3) is 0 Å². The van der Waals surface area contributed by atoms with Crippen molar-refractivity contribution in [1.29, 1.82) is 0 Å². The molecule has 0 radical (unpaired) electrons. The van der Waals surface area contributed by atoms with Gasteiger partial charge in [-0.3, -0.25) is 0 Å². The van der Waals surface area contributed by atoms with Gasteiger partial charge >= 0.3 is 7.32 Å². The van der Waals surface area contributed by atoms with Gasteiger partial charge < -0.3 is 29.3 Å². The van der Waals surface area contributed by atoms with E-state index in [2.05, 4.69) is 0 Å². The summed E-state index contributed by atoms with van der Waals surface area (Å²) in [5.74, 6) is 0. The molecule has 0 heterocycles. The molecular formula is C18H33BO6. The molecule has 3 fully saturated rings. The smallest absolute Gasteiger partial charge is 0.393 e. The minimum Gasteiger partial charge on any atom is -0.393 e. The van der Waals surface area contributed by atoms with Crippen LogP contribution in [0, 0.1) is 0 Å². The molecule has 0 aromatic heterocycles. The standard InChI is InChI=1S/C18H33BO6/c20-13-1-7-16(8-2-13)23-19(24-17-9-3-14(21)4-10-17)25-18-11-5-15(22)6-12-18/h13-18,20-22H,1-12H2. The van der Waals surface area contributed by atoms with Crippen LogP contribution in [-0.4, -0.2) is 59.3 Å². The Morgan fingerprint density at radius 1 is 0.440 bits per heavy atom. The van der Waals surface area contributed by atoms with Crippen molar-refractivity contribution in [3.8, 4) is 0 Å². The van der Waals surface area contributed by atoms with Crippen LogP contribution < -0.4 is 0 Å². The maximum atomic E-state index is 9.67. The first-order valence-electron chi connectivity index (χ1n) is 10.1. The van der Waals surface area contributed by atoms with Crippen LogP contribution in [0.5, 0.6) is 0 Å². The van der Waals surface area contributed by atoms with Crippen molar-refractivity contribution in [3.63, 3.8) is 0 Å². The Balaban J connectivity index is 1.51. The molecule has 3 N–H and O–H groups in total. The van der Waals surface area contributed by atoms with Crippen LogP contribution in [-0.2, 0) is 14.0 Å². The van der Waals surface area contributed by atoms with E-state index in [0.717, 1.165) is 77.0 Å². The van der Waals surface area contributed by atoms with Crippen molar-refractivity contribution >= 4 is 7.32 Å². The number of hydrogen-bond donors (Lipinski definition) is 3. The minimum atomic E-state index is -0.680. The first-order chi connectivity index (χ1) is 12.1. The van der Waals surface area contributed by atoms with Crippen molar-refractivity contribution < 1.29 is 29.3 Å². The Hall–Kier alpha value is -0.175. The van der Waals surface area contributed by atoms with Gasteiger partial charge in [0.2, 0.25) is 0 Å². The van der Waals surface area contributed by atoms with E-state index in [1.54, 1.807) is 0 Å². The zero-order valence-corrected chi connectivity index (χ0v) is 15.1. The number of aliphatic hydroxyl groups excluding tert-OH is 3. The largest absolute Gasteiger partial charge is 0.640 e. The summed E-state index contributed by atoms with van der Waals surface area (Å²) in [6.45, 7) is 0. The molecule has 3 rings (SSSR count). The van der Waals surface area contributed by atoms with E-state index < -0.39 is 7.32 Å². The molecule has 3 saturated carbocycles. The van der Waals surface area contributed by atoms with Crippen LogP contribution >= 0.6 is 0 Å². The van der Waals surface area contributed by atoms with Crippen LogP contribution in [0.4, 0.5) is 0 Å². The third-order valence-electron chi connectivity index (χ3n) is 5.84. The molecule has 0 aliphatic heterocycles. The molecule has 0 atom stereocenters. The molecular weight excluding hydrogens is 323 g/mol. The van der Waals surface area contributed by atoms with Crippen molar-refractivity contribution in [1.82, 2.24) is 0 Å². The summed E-state index contributed by atoms with van der Waals surface area (Å²) >= 11 is 0. The van der Waals surface area contributed by atoms with E-state index in [9.17, 15) is 15.3 Å². The lowest BCUT2D eigenvalue weighted by atomic mass is 9.92. The average molecular weight is 356 g/mol. The molecule has 0 amide bonds. The first-order valence-corrected chi connectivity index (χ1v) is 10.1. The van der Waals surface area contributed by atoms with Crippen LogP contribution in [0.3, 0.4) is 0 Å². The highest BCUT2D eigenvalue weighted by molar-refractivity contribution is 6.36. The number of rotatable bonds is 6. The summed E-state index contributed by atoms with van der Waals surface area (Å²) in [5.41, 5.74) is 0. The highest BCUT2D eigenvalue weighted by atomic mass is 16.7. The second-order valence-electron chi connectivity index (χ2n) is 7.99. The fourth-order valence-corrected chi connectivity index (χ4v) is 4.11. The lowest BCUT2D eigenvalue weighted by molar-refractivity contribution is -0.0393. The van der Waals surface area contributed by atoms with E-state index in [-0.39, 0.29) is 36.6 Å². The summed E-state index contributed by atoms with van der Waals surface area (Å²) in [7, 11) is -0.680. The summed E-state index contributed by atoms with van der Waals surface area (Å²) < 4.78 is 18.4. The Bertz CT molecular complexity index is 317. The van der Waals surface area contributed by atoms with Gasteiger partial charge in [0.05, 0.1) is 18.3 Å². The van der Waals surface area contributed by atoms with Gasteiger partial charge in [0.15, 0.2) is 0 Å². The van der Waals surface area contributed by atoms with Gasteiger partial charge in [-0.25, -0.2) is 0 Å². The van der Waals surface area contributed by atoms with Crippen molar-refractivity contribution in [2.24, 2.45) is 0 Å². The van der Waals surface area contributed by atoms with Crippen LogP contribution in [0.1, 0.15) is 77.0 Å². The lowest BCUT2D eigenvalue weighted by Crippen LogP contribution is -2.42. The van der Waals surface area contributed by atoms with Crippen molar-refractivity contribution in [2.75, 3.05) is 0 Å². The first kappa shape index (κ1) is 19.6. The maximum absolute atomic E-state index is 9.67. The summed E-state index contributed by atoms with van der Waals surface area (Å²) in [5, 5.41) is 29.0. The van der Waals surface area contributed by atoms with Gasteiger partial charge in [-0.05, 0) is 77.0 Å². The van der Waals surface area contributed by atoms with E-state index in [0.29, 0.717) is 0 Å². The Labute approximate surface area is 151 Å². The second kappa shape index (κ2) is 9.67. The van der Waals surface area contributed by atoms with E-state index >= 15 is 0 Å². The summed E-state index contributed by atoms with van der Waals surface area (Å²) in [6, 6.07) is 0. The Morgan fingerprint density at radius 2 is 0.680 bits per heavy atom. The number of hydrogen-bond acceptors (Lipinski definition) is 6. The highest BCUT2D eigenvalue weighted by Crippen LogP contribution is 2.28. The SMILES string of the molecule is OC1CCC(OB(OC2CCC(O)CC2)OC2CCC(O)CC2)CC1. The minimum absolute atomic E-state index is 0.0664. The fourth-order valence-electron chi connectivity index (χ4n) is 4.11. The predicted molar refractivity (Wildman–Crippen MR) is 93.8 cm³/mol. The molecule has 3 aliphatic rings. The van der Waals surface area contributed by atoms with Gasteiger partial charge in [0.25, 0.3) is 0 Å². The molecule has 0 spiro atoms. The van der Waals surface area contributed by atoms with E-state index in [1.807, 2.05) is 0 Å². The van der Waals surface area contributed by atoms with Gasteiger partial charge in [-0.15, -0.1) is 0 Å². The molecule has 0 aromatic rings. The molecule has 0 aromatic carbocycles. The van der Waals surface area contributed by atoms with E-state index in [4.69, 9.17) is 14.0 Å². The monoisotopic (exact) mass is 356 g/mol. The molecule has 0 bridgehead atoms. The predicted octanol–water partition coefficient (Wildman–Crippen LogP) is 1.93. The van der Waals surface area contributed by atoms with Crippen molar-refractivity contribution in [2.45, 2.75) is 114 Å². The van der Waals surface area contributed by atoms with Gasteiger partial charge in [-0.2, -0.15) is 0 Å². The maximum Gasteiger partial charge on any atom is 0.640 e. The highest BCUT2D eigenvalue weighted by Gasteiger charge is 2.35. The van der Waals surface area contributed by atoms with Gasteiger partial charge in [0, 0.05) is 18.3 Å². The van der Waals surface area contributed by atoms with Gasteiger partial charge in [-0.1, -0.05) is 0 Å². The Morgan fingerprint density at radius 3 is 0.920 bits per heavy atom. The fraction of sp³-hybridized carbons (Fsp3) is 1.00. The lowest BCUT2D eigenvalue weighted by Gasteiger charge is -2.34. The molecule has 0 saturated heterocycles. The topological polar surface area (TPSA) is 88.4 Å². The molecule has 25 heavy (non-hydrogen) atoms. The quantitative estimate of drug-likeness (QED) is 0.631. The third kappa shape index (κ3) is 6.49. The van der Waals surface area contributed by atoms with E-state index in [1.165, 1.54) is 0 Å². The summed E-state index contributed by atoms with van der Waals surface area (Å²) in [6.07, 6.45) is 9.16. The summed E-state index contributed by atoms with van der Waals surface area (Å²) in [4.78, 5) is 0. The molecule has 7 heteroatoms. The zero-order valence-electron chi connectivity index (χ0n) is 15.1. The zero-order chi connectivity index (χ0) is 17.6. The van der Waals surface area contributed by atoms with Crippen molar-refractivity contribution in [3.05, 3.63) is 0 Å². The molecule has 144 valence electrons. The molecule has 0 unspecified atom stereocenters. The number of aliphatic hydroxyl groups is 3. The second-order valence-corrected chi connectivity index (χ2v) is 7.99. The van der Waals surface area contributed by atoms with Crippen LogP contribution in [0.2, 0.25) is 0 Å². The van der Waals surface area contributed by atoms with Crippen LogP contribution in [0.15, 0.2) is 0 Å². The molecule has 3 aliphatic carbocycles. The third-order valence-corrected chi connectivity index (χ3v) is 5.84. The molecule has 6 nitrogen and oxygen atoms in total. The average Bonchev–Trinajstić information content (AvgIpc) is 2.61.